The summed E-state index contributed by atoms with van der Waals surface area (Å²) in [6, 6.07) is 0. The molecule has 0 saturated heterocycles. The molecule has 0 aromatic carbocycles. The summed E-state index contributed by atoms with van der Waals surface area (Å²) in [6.07, 6.45) is -4.70. The van der Waals surface area contributed by atoms with Crippen LogP contribution in [0.4, 0.5) is 0 Å². The van der Waals surface area contributed by atoms with Crippen LogP contribution in [0.5, 0.6) is 0 Å². The third kappa shape index (κ3) is 13.5. The Morgan fingerprint density at radius 2 is 1.00 bits per heavy atom. The van der Waals surface area contributed by atoms with Crippen LogP contribution < -0.4 is 0 Å². The van der Waals surface area contributed by atoms with E-state index < -0.39 is 24.1 Å². The number of carboxylic acids is 2. The van der Waals surface area contributed by atoms with Gasteiger partial charge < -0.3 is 25.5 Å². The first-order valence-electron chi connectivity index (χ1n) is 3.70. The van der Waals surface area contributed by atoms with Crippen molar-refractivity contribution in [2.45, 2.75) is 32.2 Å². The minimum absolute atomic E-state index is 0. The second-order valence-corrected chi connectivity index (χ2v) is 2.66. The number of hydrogen-bond acceptors (Lipinski definition) is 5. The Hall–Kier alpha value is -0.466. The molecular formula is C7H14O7Ti. The van der Waals surface area contributed by atoms with E-state index in [1.165, 1.54) is 0 Å². The standard InChI is InChI=1S/C4H6O6.C3H8O.Ti/c5-1(3(7)8)2(6)4(9)10;1-3(2)4;/h1-2,5-6H,(H,7,8)(H,9,10);3-4H,1-2H3;. The molecule has 0 aromatic rings. The number of carboxylic acid groups (broad SMARTS) is 2. The molecule has 5 N–H and O–H groups in total. The van der Waals surface area contributed by atoms with Crippen LogP contribution in [-0.4, -0.2) is 55.8 Å². The van der Waals surface area contributed by atoms with Crippen LogP contribution in [0.25, 0.3) is 0 Å². The smallest absolute Gasteiger partial charge is 0.335 e. The van der Waals surface area contributed by atoms with Gasteiger partial charge in [-0.25, -0.2) is 9.59 Å². The van der Waals surface area contributed by atoms with Gasteiger partial charge >= 0.3 is 11.9 Å². The number of aliphatic carboxylic acids is 2. The van der Waals surface area contributed by atoms with Crippen molar-refractivity contribution < 1.29 is 56.8 Å². The molecular weight excluding hydrogens is 244 g/mol. The summed E-state index contributed by atoms with van der Waals surface area (Å²) >= 11 is 0. The van der Waals surface area contributed by atoms with Crippen LogP contribution in [0.1, 0.15) is 13.8 Å². The summed E-state index contributed by atoms with van der Waals surface area (Å²) in [6.45, 7) is 3.44. The fourth-order valence-electron chi connectivity index (χ4n) is 0.270. The fourth-order valence-corrected chi connectivity index (χ4v) is 0.270. The summed E-state index contributed by atoms with van der Waals surface area (Å²) in [7, 11) is 0. The normalized spacial score (nSPS) is 12.9. The van der Waals surface area contributed by atoms with E-state index in [9.17, 15) is 9.59 Å². The number of aliphatic hydroxyl groups is 3. The van der Waals surface area contributed by atoms with Gasteiger partial charge in [-0.1, -0.05) is 0 Å². The molecule has 2 atom stereocenters. The Morgan fingerprint density at radius 3 is 1.07 bits per heavy atom. The molecule has 0 aliphatic rings. The van der Waals surface area contributed by atoms with E-state index in [2.05, 4.69) is 0 Å². The number of rotatable bonds is 3. The van der Waals surface area contributed by atoms with E-state index in [-0.39, 0.29) is 27.8 Å². The van der Waals surface area contributed by atoms with Crippen molar-refractivity contribution in [1.82, 2.24) is 0 Å². The topological polar surface area (TPSA) is 135 Å². The van der Waals surface area contributed by atoms with Gasteiger partial charge in [-0.05, 0) is 13.8 Å². The van der Waals surface area contributed by atoms with Gasteiger partial charge in [0.25, 0.3) is 0 Å². The molecule has 7 nitrogen and oxygen atoms in total. The van der Waals surface area contributed by atoms with Crippen molar-refractivity contribution in [1.29, 1.82) is 0 Å². The van der Waals surface area contributed by atoms with Gasteiger partial charge in [-0.2, -0.15) is 0 Å². The molecule has 8 heteroatoms. The predicted molar refractivity (Wildman–Crippen MR) is 44.6 cm³/mol. The van der Waals surface area contributed by atoms with Crippen LogP contribution in [0, 0.1) is 0 Å². The first-order valence-corrected chi connectivity index (χ1v) is 3.70. The summed E-state index contributed by atoms with van der Waals surface area (Å²) in [4.78, 5) is 19.5. The molecule has 0 bridgehead atoms. The quantitative estimate of drug-likeness (QED) is 0.379. The molecule has 2 unspecified atom stereocenters. The monoisotopic (exact) mass is 258 g/mol. The zero-order chi connectivity index (χ0) is 11.9. The maximum absolute atomic E-state index is 9.77. The Balaban J connectivity index is -0.000000249. The Kier molecular flexibility index (Phi) is 13.4. The van der Waals surface area contributed by atoms with Crippen LogP contribution in [0.3, 0.4) is 0 Å². The van der Waals surface area contributed by atoms with E-state index in [0.29, 0.717) is 0 Å². The molecule has 0 aliphatic carbocycles. The maximum Gasteiger partial charge on any atom is 0.335 e. The summed E-state index contributed by atoms with van der Waals surface area (Å²) < 4.78 is 0. The first-order chi connectivity index (χ1) is 6.20. The number of hydrogen-bond donors (Lipinski definition) is 5. The van der Waals surface area contributed by atoms with Gasteiger partial charge in [-0.15, -0.1) is 0 Å². The van der Waals surface area contributed by atoms with Crippen LogP contribution in [0.15, 0.2) is 0 Å². The molecule has 0 fully saturated rings. The van der Waals surface area contributed by atoms with Gasteiger partial charge in [0, 0.05) is 27.8 Å². The number of aliphatic hydroxyl groups excluding tert-OH is 3. The van der Waals surface area contributed by atoms with Crippen molar-refractivity contribution in [3.63, 3.8) is 0 Å². The van der Waals surface area contributed by atoms with E-state index in [1.54, 1.807) is 13.8 Å². The fraction of sp³-hybridized carbons (Fsp3) is 0.714. The summed E-state index contributed by atoms with van der Waals surface area (Å²) in [5.41, 5.74) is 0. The Bertz CT molecular complexity index is 173. The van der Waals surface area contributed by atoms with Crippen molar-refractivity contribution >= 4 is 11.9 Å². The molecule has 0 saturated carbocycles. The molecule has 0 aliphatic heterocycles. The summed E-state index contributed by atoms with van der Waals surface area (Å²) in [5, 5.41) is 40.6. The average Bonchev–Trinajstić information content (AvgIpc) is 2.00. The average molecular weight is 258 g/mol. The van der Waals surface area contributed by atoms with Crippen molar-refractivity contribution in [2.24, 2.45) is 0 Å². The van der Waals surface area contributed by atoms with Crippen LogP contribution in [-0.2, 0) is 31.3 Å². The Labute approximate surface area is 101 Å². The molecule has 0 spiro atoms. The predicted octanol–water partition coefficient (Wildman–Crippen LogP) is -1.74. The second kappa shape index (κ2) is 10.1. The van der Waals surface area contributed by atoms with Gasteiger partial charge in [-0.3, -0.25) is 0 Å². The molecule has 0 amide bonds. The third-order valence-corrected chi connectivity index (χ3v) is 0.805. The summed E-state index contributed by atoms with van der Waals surface area (Å²) in [5.74, 6) is -3.54. The van der Waals surface area contributed by atoms with E-state index in [4.69, 9.17) is 25.5 Å². The first kappa shape index (κ1) is 20.0. The Morgan fingerprint density at radius 1 is 0.867 bits per heavy atom. The minimum Gasteiger partial charge on any atom is -0.479 e. The second-order valence-electron chi connectivity index (χ2n) is 2.66. The van der Waals surface area contributed by atoms with Gasteiger partial charge in [0.2, 0.25) is 0 Å². The molecule has 0 aromatic heterocycles. The van der Waals surface area contributed by atoms with Gasteiger partial charge in [0.1, 0.15) is 0 Å². The maximum atomic E-state index is 9.77. The largest absolute Gasteiger partial charge is 0.479 e. The molecule has 88 valence electrons. The zero-order valence-corrected chi connectivity index (χ0v) is 9.85. The van der Waals surface area contributed by atoms with Gasteiger partial charge in [0.15, 0.2) is 12.2 Å². The third-order valence-electron chi connectivity index (χ3n) is 0.805. The minimum atomic E-state index is -2.27. The molecule has 0 radical (unpaired) electrons. The van der Waals surface area contributed by atoms with Crippen molar-refractivity contribution in [2.75, 3.05) is 0 Å². The number of carbonyl (C=O) groups is 2. The van der Waals surface area contributed by atoms with Crippen molar-refractivity contribution in [3.8, 4) is 0 Å². The van der Waals surface area contributed by atoms with E-state index in [0.717, 1.165) is 0 Å². The van der Waals surface area contributed by atoms with E-state index in [1.807, 2.05) is 0 Å². The van der Waals surface area contributed by atoms with Crippen LogP contribution in [0.2, 0.25) is 0 Å². The van der Waals surface area contributed by atoms with Crippen molar-refractivity contribution in [3.05, 3.63) is 0 Å². The van der Waals surface area contributed by atoms with Crippen LogP contribution >= 0.6 is 0 Å². The SMILES string of the molecule is CC(C)O.O=C(O)C(O)C(O)C(=O)O.[Ti]. The molecule has 0 rings (SSSR count). The van der Waals surface area contributed by atoms with Gasteiger partial charge in [0.05, 0.1) is 0 Å². The molecule has 15 heavy (non-hydrogen) atoms. The zero-order valence-electron chi connectivity index (χ0n) is 8.28. The molecule has 0 heterocycles. The van der Waals surface area contributed by atoms with E-state index >= 15 is 0 Å².